The third-order valence-corrected chi connectivity index (χ3v) is 3.47. The highest BCUT2D eigenvalue weighted by atomic mass is 35.5. The van der Waals surface area contributed by atoms with Crippen molar-refractivity contribution in [1.29, 1.82) is 0 Å². The Labute approximate surface area is 106 Å². The lowest BCUT2D eigenvalue weighted by atomic mass is 10.1. The number of benzene rings is 1. The van der Waals surface area contributed by atoms with E-state index in [0.717, 1.165) is 19.3 Å². The van der Waals surface area contributed by atoms with Crippen molar-refractivity contribution < 1.29 is 9.90 Å². The molecule has 1 fully saturated rings. The van der Waals surface area contributed by atoms with Gasteiger partial charge in [0.15, 0.2) is 0 Å². The summed E-state index contributed by atoms with van der Waals surface area (Å²) >= 11 is 5.82. The minimum atomic E-state index is -0.269. The SMILES string of the molecule is O=C(NCC1CCCC1O)c1cccc(Cl)c1. The Hall–Kier alpha value is -1.06. The van der Waals surface area contributed by atoms with Crippen molar-refractivity contribution in [2.45, 2.75) is 25.4 Å². The highest BCUT2D eigenvalue weighted by Gasteiger charge is 2.25. The van der Waals surface area contributed by atoms with Gasteiger partial charge in [-0.2, -0.15) is 0 Å². The molecule has 2 atom stereocenters. The van der Waals surface area contributed by atoms with E-state index in [9.17, 15) is 9.90 Å². The summed E-state index contributed by atoms with van der Waals surface area (Å²) in [6.45, 7) is 0.534. The first-order chi connectivity index (χ1) is 8.16. The first kappa shape index (κ1) is 12.4. The second-order valence-corrected chi connectivity index (χ2v) is 4.92. The number of rotatable bonds is 3. The summed E-state index contributed by atoms with van der Waals surface area (Å²) in [6, 6.07) is 6.86. The fraction of sp³-hybridized carbons (Fsp3) is 0.462. The summed E-state index contributed by atoms with van der Waals surface area (Å²) in [5, 5.41) is 13.0. The van der Waals surface area contributed by atoms with Gasteiger partial charge >= 0.3 is 0 Å². The summed E-state index contributed by atoms with van der Waals surface area (Å²) in [5.41, 5.74) is 0.560. The third-order valence-electron chi connectivity index (χ3n) is 3.23. The molecule has 0 heterocycles. The molecular formula is C13H16ClNO2. The largest absolute Gasteiger partial charge is 0.393 e. The first-order valence-electron chi connectivity index (χ1n) is 5.88. The fourth-order valence-corrected chi connectivity index (χ4v) is 2.40. The lowest BCUT2D eigenvalue weighted by Crippen LogP contribution is -2.32. The van der Waals surface area contributed by atoms with Gasteiger partial charge in [-0.25, -0.2) is 0 Å². The molecule has 92 valence electrons. The molecular weight excluding hydrogens is 238 g/mol. The van der Waals surface area contributed by atoms with Gasteiger partial charge in [-0.05, 0) is 31.0 Å². The van der Waals surface area contributed by atoms with Gasteiger partial charge in [-0.1, -0.05) is 24.1 Å². The average molecular weight is 254 g/mol. The van der Waals surface area contributed by atoms with Crippen LogP contribution in [0.1, 0.15) is 29.6 Å². The van der Waals surface area contributed by atoms with Crippen molar-refractivity contribution in [1.82, 2.24) is 5.32 Å². The minimum absolute atomic E-state index is 0.133. The van der Waals surface area contributed by atoms with Gasteiger partial charge in [0.2, 0.25) is 0 Å². The van der Waals surface area contributed by atoms with Gasteiger partial charge in [0.05, 0.1) is 6.10 Å². The summed E-state index contributed by atoms with van der Waals surface area (Å²) in [5.74, 6) is 0.0599. The maximum absolute atomic E-state index is 11.8. The normalized spacial score (nSPS) is 23.6. The van der Waals surface area contributed by atoms with Crippen molar-refractivity contribution in [3.8, 4) is 0 Å². The number of aliphatic hydroxyl groups is 1. The van der Waals surface area contributed by atoms with Crippen LogP contribution in [0.5, 0.6) is 0 Å². The molecule has 17 heavy (non-hydrogen) atoms. The molecule has 1 aromatic carbocycles. The molecule has 0 aliphatic heterocycles. The Kier molecular flexibility index (Phi) is 4.02. The molecule has 1 aliphatic rings. The van der Waals surface area contributed by atoms with Crippen LogP contribution < -0.4 is 5.32 Å². The molecule has 4 heteroatoms. The predicted molar refractivity (Wildman–Crippen MR) is 67.1 cm³/mol. The second kappa shape index (κ2) is 5.52. The quantitative estimate of drug-likeness (QED) is 0.868. The van der Waals surface area contributed by atoms with Crippen LogP contribution in [0, 0.1) is 5.92 Å². The molecule has 2 rings (SSSR count). The number of carbonyl (C=O) groups is 1. The number of nitrogens with one attached hydrogen (secondary N) is 1. The molecule has 3 nitrogen and oxygen atoms in total. The maximum atomic E-state index is 11.8. The van der Waals surface area contributed by atoms with E-state index in [1.807, 2.05) is 0 Å². The number of amides is 1. The number of halogens is 1. The Balaban J connectivity index is 1.89. The molecule has 2 unspecified atom stereocenters. The lowest BCUT2D eigenvalue weighted by Gasteiger charge is -2.15. The van der Waals surface area contributed by atoms with Crippen molar-refractivity contribution in [3.05, 3.63) is 34.9 Å². The Morgan fingerprint density at radius 1 is 1.47 bits per heavy atom. The van der Waals surface area contributed by atoms with Gasteiger partial charge < -0.3 is 10.4 Å². The van der Waals surface area contributed by atoms with Crippen molar-refractivity contribution in [2.24, 2.45) is 5.92 Å². The van der Waals surface area contributed by atoms with Crippen LogP contribution in [0.2, 0.25) is 5.02 Å². The van der Waals surface area contributed by atoms with E-state index < -0.39 is 0 Å². The van der Waals surface area contributed by atoms with Crippen LogP contribution in [-0.2, 0) is 0 Å². The summed E-state index contributed by atoms with van der Waals surface area (Å²) in [7, 11) is 0. The molecule has 0 radical (unpaired) electrons. The number of hydrogen-bond acceptors (Lipinski definition) is 2. The van der Waals surface area contributed by atoms with Crippen molar-refractivity contribution in [2.75, 3.05) is 6.54 Å². The van der Waals surface area contributed by atoms with Crippen LogP contribution >= 0.6 is 11.6 Å². The second-order valence-electron chi connectivity index (χ2n) is 4.48. The Bertz CT molecular complexity index is 408. The predicted octanol–water partition coefficient (Wildman–Crippen LogP) is 2.23. The zero-order chi connectivity index (χ0) is 12.3. The molecule has 0 spiro atoms. The van der Waals surface area contributed by atoms with Gasteiger partial charge in [0.1, 0.15) is 0 Å². The van der Waals surface area contributed by atoms with E-state index >= 15 is 0 Å². The highest BCUT2D eigenvalue weighted by molar-refractivity contribution is 6.30. The van der Waals surface area contributed by atoms with Gasteiger partial charge in [-0.15, -0.1) is 0 Å². The van der Waals surface area contributed by atoms with E-state index in [4.69, 9.17) is 11.6 Å². The van der Waals surface area contributed by atoms with Crippen LogP contribution in [0.15, 0.2) is 24.3 Å². The maximum Gasteiger partial charge on any atom is 0.251 e. The number of carbonyl (C=O) groups excluding carboxylic acids is 1. The van der Waals surface area contributed by atoms with Crippen molar-refractivity contribution in [3.63, 3.8) is 0 Å². The third kappa shape index (κ3) is 3.20. The van der Waals surface area contributed by atoms with Gasteiger partial charge in [0, 0.05) is 23.0 Å². The molecule has 2 N–H and O–H groups in total. The summed E-state index contributed by atoms with van der Waals surface area (Å²) in [4.78, 5) is 11.8. The Morgan fingerprint density at radius 2 is 2.29 bits per heavy atom. The van der Waals surface area contributed by atoms with Crippen LogP contribution in [0.3, 0.4) is 0 Å². The van der Waals surface area contributed by atoms with E-state index in [1.54, 1.807) is 24.3 Å². The van der Waals surface area contributed by atoms with Gasteiger partial charge in [-0.3, -0.25) is 4.79 Å². The van der Waals surface area contributed by atoms with E-state index in [-0.39, 0.29) is 17.9 Å². The van der Waals surface area contributed by atoms with E-state index in [0.29, 0.717) is 17.1 Å². The molecule has 1 aliphatic carbocycles. The Morgan fingerprint density at radius 3 is 2.94 bits per heavy atom. The molecule has 1 aromatic rings. The monoisotopic (exact) mass is 253 g/mol. The van der Waals surface area contributed by atoms with E-state index in [1.165, 1.54) is 0 Å². The zero-order valence-electron chi connectivity index (χ0n) is 9.53. The molecule has 0 saturated heterocycles. The minimum Gasteiger partial charge on any atom is -0.393 e. The molecule has 0 aromatic heterocycles. The zero-order valence-corrected chi connectivity index (χ0v) is 10.3. The average Bonchev–Trinajstić information content (AvgIpc) is 2.72. The molecule has 1 amide bonds. The topological polar surface area (TPSA) is 49.3 Å². The van der Waals surface area contributed by atoms with Crippen LogP contribution in [-0.4, -0.2) is 23.7 Å². The van der Waals surface area contributed by atoms with E-state index in [2.05, 4.69) is 5.32 Å². The lowest BCUT2D eigenvalue weighted by molar-refractivity contribution is 0.0917. The number of hydrogen-bond donors (Lipinski definition) is 2. The fourth-order valence-electron chi connectivity index (χ4n) is 2.21. The molecule has 0 bridgehead atoms. The standard InChI is InChI=1S/C13H16ClNO2/c14-11-5-1-3-9(7-11)13(17)15-8-10-4-2-6-12(10)16/h1,3,5,7,10,12,16H,2,4,6,8H2,(H,15,17). The van der Waals surface area contributed by atoms with Crippen molar-refractivity contribution >= 4 is 17.5 Å². The highest BCUT2D eigenvalue weighted by Crippen LogP contribution is 2.24. The van der Waals surface area contributed by atoms with Gasteiger partial charge in [0.25, 0.3) is 5.91 Å². The smallest absolute Gasteiger partial charge is 0.251 e. The van der Waals surface area contributed by atoms with Crippen LogP contribution in [0.4, 0.5) is 0 Å². The first-order valence-corrected chi connectivity index (χ1v) is 6.26. The number of aliphatic hydroxyl groups excluding tert-OH is 1. The summed E-state index contributed by atoms with van der Waals surface area (Å²) in [6.07, 6.45) is 2.60. The van der Waals surface area contributed by atoms with Crippen LogP contribution in [0.25, 0.3) is 0 Å². The molecule has 1 saturated carbocycles. The summed E-state index contributed by atoms with van der Waals surface area (Å²) < 4.78 is 0.